The van der Waals surface area contributed by atoms with Crippen LogP contribution in [0.3, 0.4) is 0 Å². The quantitative estimate of drug-likeness (QED) is 0.861. The summed E-state index contributed by atoms with van der Waals surface area (Å²) in [7, 11) is 0. The molecule has 1 N–H and O–H groups in total. The maximum absolute atomic E-state index is 13.5. The number of halogens is 2. The Kier molecular flexibility index (Phi) is 4.84. The number of hydrogen-bond donors (Lipinski definition) is 1. The summed E-state index contributed by atoms with van der Waals surface area (Å²) in [5.74, 6) is -1.21. The molecule has 1 atom stereocenters. The molecule has 1 aromatic carbocycles. The second kappa shape index (κ2) is 6.61. The summed E-state index contributed by atoms with van der Waals surface area (Å²) < 4.78 is 14.4. The Morgan fingerprint density at radius 3 is 2.65 bits per heavy atom. The first-order valence-corrected chi connectivity index (χ1v) is 7.08. The van der Waals surface area contributed by atoms with E-state index in [1.165, 1.54) is 12.3 Å². The van der Waals surface area contributed by atoms with Crippen molar-refractivity contribution in [3.8, 4) is 0 Å². The van der Waals surface area contributed by atoms with Crippen molar-refractivity contribution in [1.29, 1.82) is 0 Å². The maximum Gasteiger partial charge on any atom is 0.256 e. The number of carbonyl (C=O) groups is 1. The smallest absolute Gasteiger partial charge is 0.256 e. The third-order valence-corrected chi connectivity index (χ3v) is 3.52. The monoisotopic (exact) mass is 336 g/mol. The number of rotatable bonds is 4. The number of benzene rings is 1. The van der Waals surface area contributed by atoms with E-state index in [1.54, 1.807) is 6.07 Å². The van der Waals surface area contributed by atoms with E-state index in [4.69, 9.17) is 0 Å². The minimum atomic E-state index is -0.754. The molecule has 1 aromatic heterocycles. The van der Waals surface area contributed by atoms with Crippen LogP contribution in [0.4, 0.5) is 4.39 Å². The molecule has 0 spiro atoms. The zero-order chi connectivity index (χ0) is 14.5. The minimum absolute atomic E-state index is 0.0388. The van der Waals surface area contributed by atoms with E-state index in [2.05, 4.69) is 26.2 Å². The highest BCUT2D eigenvalue weighted by Crippen LogP contribution is 2.20. The Labute approximate surface area is 125 Å². The van der Waals surface area contributed by atoms with Gasteiger partial charge in [0.2, 0.25) is 5.95 Å². The van der Waals surface area contributed by atoms with Crippen LogP contribution in [0.25, 0.3) is 0 Å². The Hall–Kier alpha value is -1.75. The van der Waals surface area contributed by atoms with Gasteiger partial charge in [-0.3, -0.25) is 4.79 Å². The molecule has 0 aliphatic heterocycles. The standard InChI is InChI=1S/C15H14BrFN2O/c1-2-13(10-5-7-11(16)8-6-10)19-15(20)12-4-3-9-18-14(12)17/h3-9,13H,2H2,1H3,(H,19,20). The van der Waals surface area contributed by atoms with Crippen molar-refractivity contribution in [2.24, 2.45) is 0 Å². The second-order valence-electron chi connectivity index (χ2n) is 4.33. The number of hydrogen-bond acceptors (Lipinski definition) is 2. The van der Waals surface area contributed by atoms with Crippen molar-refractivity contribution < 1.29 is 9.18 Å². The van der Waals surface area contributed by atoms with E-state index >= 15 is 0 Å². The van der Waals surface area contributed by atoms with Crippen molar-refractivity contribution >= 4 is 21.8 Å². The normalized spacial score (nSPS) is 11.9. The zero-order valence-corrected chi connectivity index (χ0v) is 12.5. The Morgan fingerprint density at radius 1 is 1.35 bits per heavy atom. The molecule has 20 heavy (non-hydrogen) atoms. The average molecular weight is 337 g/mol. The molecule has 0 radical (unpaired) electrons. The number of aromatic nitrogens is 1. The molecule has 0 fully saturated rings. The second-order valence-corrected chi connectivity index (χ2v) is 5.24. The molecule has 0 aliphatic rings. The molecule has 1 heterocycles. The summed E-state index contributed by atoms with van der Waals surface area (Å²) in [6.45, 7) is 1.96. The molecule has 0 saturated carbocycles. The lowest BCUT2D eigenvalue weighted by Gasteiger charge is -2.17. The molecular formula is C15H14BrFN2O. The first-order chi connectivity index (χ1) is 9.61. The number of nitrogens with zero attached hydrogens (tertiary/aromatic N) is 1. The first kappa shape index (κ1) is 14.7. The SMILES string of the molecule is CCC(NC(=O)c1cccnc1F)c1ccc(Br)cc1. The third-order valence-electron chi connectivity index (χ3n) is 2.99. The summed E-state index contributed by atoms with van der Waals surface area (Å²) in [5, 5.41) is 2.83. The van der Waals surface area contributed by atoms with E-state index in [0.717, 1.165) is 16.5 Å². The van der Waals surface area contributed by atoms with Gasteiger partial charge in [-0.2, -0.15) is 4.39 Å². The van der Waals surface area contributed by atoms with Crippen molar-refractivity contribution in [2.75, 3.05) is 0 Å². The molecule has 5 heteroatoms. The van der Waals surface area contributed by atoms with Gasteiger partial charge in [0.1, 0.15) is 0 Å². The lowest BCUT2D eigenvalue weighted by molar-refractivity contribution is 0.0930. The fourth-order valence-corrected chi connectivity index (χ4v) is 2.17. The van der Waals surface area contributed by atoms with Crippen LogP contribution in [0.15, 0.2) is 47.1 Å². The minimum Gasteiger partial charge on any atom is -0.345 e. The molecule has 3 nitrogen and oxygen atoms in total. The van der Waals surface area contributed by atoms with Gasteiger partial charge >= 0.3 is 0 Å². The molecule has 0 bridgehead atoms. The van der Waals surface area contributed by atoms with Gasteiger partial charge in [-0.1, -0.05) is 35.0 Å². The molecule has 1 amide bonds. The van der Waals surface area contributed by atoms with Crippen molar-refractivity contribution in [1.82, 2.24) is 10.3 Å². The van der Waals surface area contributed by atoms with Gasteiger partial charge in [0.05, 0.1) is 11.6 Å². The van der Waals surface area contributed by atoms with Gasteiger partial charge in [-0.05, 0) is 36.2 Å². The van der Waals surface area contributed by atoms with E-state index in [0.29, 0.717) is 0 Å². The molecule has 2 rings (SSSR count). The highest BCUT2D eigenvalue weighted by molar-refractivity contribution is 9.10. The lowest BCUT2D eigenvalue weighted by Crippen LogP contribution is -2.29. The average Bonchev–Trinajstić information content (AvgIpc) is 2.46. The van der Waals surface area contributed by atoms with Crippen LogP contribution in [-0.2, 0) is 0 Å². The first-order valence-electron chi connectivity index (χ1n) is 6.28. The maximum atomic E-state index is 13.5. The van der Waals surface area contributed by atoms with Crippen LogP contribution >= 0.6 is 15.9 Å². The van der Waals surface area contributed by atoms with Crippen molar-refractivity contribution in [3.63, 3.8) is 0 Å². The van der Waals surface area contributed by atoms with E-state index in [1.807, 2.05) is 31.2 Å². The molecule has 2 aromatic rings. The van der Waals surface area contributed by atoms with E-state index < -0.39 is 11.9 Å². The molecule has 1 unspecified atom stereocenters. The summed E-state index contributed by atoms with van der Waals surface area (Å²) in [4.78, 5) is 15.6. The van der Waals surface area contributed by atoms with Crippen LogP contribution in [-0.4, -0.2) is 10.9 Å². The molecule has 104 valence electrons. The van der Waals surface area contributed by atoms with Crippen molar-refractivity contribution in [2.45, 2.75) is 19.4 Å². The van der Waals surface area contributed by atoms with Gasteiger partial charge in [0, 0.05) is 10.7 Å². The summed E-state index contributed by atoms with van der Waals surface area (Å²) in [5.41, 5.74) is 0.941. The highest BCUT2D eigenvalue weighted by Gasteiger charge is 2.17. The van der Waals surface area contributed by atoms with Crippen LogP contribution in [0.1, 0.15) is 35.3 Å². The fraction of sp³-hybridized carbons (Fsp3) is 0.200. The topological polar surface area (TPSA) is 42.0 Å². The third kappa shape index (κ3) is 3.42. The lowest BCUT2D eigenvalue weighted by atomic mass is 10.0. The van der Waals surface area contributed by atoms with Crippen LogP contribution in [0.5, 0.6) is 0 Å². The van der Waals surface area contributed by atoms with Gasteiger partial charge < -0.3 is 5.32 Å². The number of pyridine rings is 1. The predicted octanol–water partition coefficient (Wildman–Crippen LogP) is 3.86. The van der Waals surface area contributed by atoms with E-state index in [-0.39, 0.29) is 11.6 Å². The highest BCUT2D eigenvalue weighted by atomic mass is 79.9. The summed E-state index contributed by atoms with van der Waals surface area (Å²) >= 11 is 3.37. The fourth-order valence-electron chi connectivity index (χ4n) is 1.91. The van der Waals surface area contributed by atoms with E-state index in [9.17, 15) is 9.18 Å². The van der Waals surface area contributed by atoms with Gasteiger partial charge in [0.25, 0.3) is 5.91 Å². The largest absolute Gasteiger partial charge is 0.345 e. The summed E-state index contributed by atoms with van der Waals surface area (Å²) in [6, 6.07) is 10.5. The number of carbonyl (C=O) groups excluding carboxylic acids is 1. The molecular weight excluding hydrogens is 323 g/mol. The number of amides is 1. The molecule has 0 aliphatic carbocycles. The summed E-state index contributed by atoms with van der Waals surface area (Å²) in [6.07, 6.45) is 2.04. The number of nitrogens with one attached hydrogen (secondary N) is 1. The van der Waals surface area contributed by atoms with Crippen molar-refractivity contribution in [3.05, 3.63) is 64.1 Å². The Bertz CT molecular complexity index is 601. The predicted molar refractivity (Wildman–Crippen MR) is 78.8 cm³/mol. The van der Waals surface area contributed by atoms with Crippen LogP contribution in [0, 0.1) is 5.95 Å². The van der Waals surface area contributed by atoms with Gasteiger partial charge in [0.15, 0.2) is 0 Å². The van der Waals surface area contributed by atoms with Gasteiger partial charge in [-0.15, -0.1) is 0 Å². The van der Waals surface area contributed by atoms with Crippen LogP contribution in [0.2, 0.25) is 0 Å². The van der Waals surface area contributed by atoms with Crippen LogP contribution < -0.4 is 5.32 Å². The molecule has 0 saturated heterocycles. The Balaban J connectivity index is 2.16. The zero-order valence-electron chi connectivity index (χ0n) is 10.9. The van der Waals surface area contributed by atoms with Gasteiger partial charge in [-0.25, -0.2) is 4.98 Å². The Morgan fingerprint density at radius 2 is 2.05 bits per heavy atom.